The van der Waals surface area contributed by atoms with E-state index in [1.165, 1.54) is 0 Å². The van der Waals surface area contributed by atoms with E-state index >= 15 is 0 Å². The Morgan fingerprint density at radius 3 is 2.50 bits per heavy atom. The SMILES string of the molecule is C=C(C#N)CC=C(Cl)C(=C)OC(=NC)/C(C)=C\N(C)C. The molecular weight excluding hydrogens is 274 g/mol. The van der Waals surface area contributed by atoms with Crippen LogP contribution in [0.15, 0.2) is 52.4 Å². The lowest BCUT2D eigenvalue weighted by atomic mass is 10.2. The molecule has 0 rings (SSSR count). The largest absolute Gasteiger partial charge is 0.438 e. The van der Waals surface area contributed by atoms with Crippen molar-refractivity contribution in [1.82, 2.24) is 4.90 Å². The maximum atomic E-state index is 8.62. The van der Waals surface area contributed by atoms with Gasteiger partial charge < -0.3 is 9.64 Å². The zero-order valence-corrected chi connectivity index (χ0v) is 13.2. The van der Waals surface area contributed by atoms with Gasteiger partial charge in [0.1, 0.15) is 5.76 Å². The van der Waals surface area contributed by atoms with Crippen molar-refractivity contribution in [2.24, 2.45) is 4.99 Å². The smallest absolute Gasteiger partial charge is 0.218 e. The average Bonchev–Trinajstić information content (AvgIpc) is 2.40. The van der Waals surface area contributed by atoms with Crippen LogP contribution in [0.5, 0.6) is 0 Å². The zero-order valence-electron chi connectivity index (χ0n) is 12.4. The molecular formula is C15H20ClN3O. The monoisotopic (exact) mass is 293 g/mol. The van der Waals surface area contributed by atoms with Crippen LogP contribution in [-0.2, 0) is 4.74 Å². The van der Waals surface area contributed by atoms with Crippen molar-refractivity contribution in [2.45, 2.75) is 13.3 Å². The second-order valence-corrected chi connectivity index (χ2v) is 4.71. The highest BCUT2D eigenvalue weighted by atomic mass is 35.5. The van der Waals surface area contributed by atoms with Crippen LogP contribution in [0.1, 0.15) is 13.3 Å². The standard InChI is InChI=1S/C15H20ClN3O/c1-11(9-17)7-8-14(16)13(3)20-15(18-4)12(2)10-19(5)6/h8,10H,1,3,7H2,2,4-6H3/b12-10-,14-8?,18-15?. The second kappa shape index (κ2) is 9.00. The van der Waals surface area contributed by atoms with E-state index in [-0.39, 0.29) is 5.76 Å². The summed E-state index contributed by atoms with van der Waals surface area (Å²) in [6.45, 7) is 9.20. The summed E-state index contributed by atoms with van der Waals surface area (Å²) in [6, 6.07) is 1.94. The van der Waals surface area contributed by atoms with E-state index in [4.69, 9.17) is 21.6 Å². The number of nitrogens with zero attached hydrogens (tertiary/aromatic N) is 3. The Balaban J connectivity index is 4.82. The maximum Gasteiger partial charge on any atom is 0.218 e. The Morgan fingerprint density at radius 1 is 1.45 bits per heavy atom. The third kappa shape index (κ3) is 6.81. The predicted octanol–water partition coefficient (Wildman–Crippen LogP) is 3.60. The van der Waals surface area contributed by atoms with Crippen molar-refractivity contribution < 1.29 is 4.74 Å². The van der Waals surface area contributed by atoms with Gasteiger partial charge in [-0.05, 0) is 6.92 Å². The fourth-order valence-electron chi connectivity index (χ4n) is 1.28. The molecule has 4 nitrogen and oxygen atoms in total. The Hall–Kier alpha value is -1.99. The molecule has 0 radical (unpaired) electrons. The van der Waals surface area contributed by atoms with Crippen molar-refractivity contribution in [1.29, 1.82) is 5.26 Å². The zero-order chi connectivity index (χ0) is 15.7. The van der Waals surface area contributed by atoms with Crippen molar-refractivity contribution in [2.75, 3.05) is 21.1 Å². The van der Waals surface area contributed by atoms with E-state index < -0.39 is 0 Å². The first-order valence-corrected chi connectivity index (χ1v) is 6.32. The minimum Gasteiger partial charge on any atom is -0.438 e. The second-order valence-electron chi connectivity index (χ2n) is 4.30. The van der Waals surface area contributed by atoms with Crippen LogP contribution >= 0.6 is 11.6 Å². The Kier molecular flexibility index (Phi) is 8.10. The first-order valence-electron chi connectivity index (χ1n) is 5.94. The summed E-state index contributed by atoms with van der Waals surface area (Å²) in [5.41, 5.74) is 1.27. The fraction of sp³-hybridized carbons (Fsp3) is 0.333. The molecule has 0 saturated heterocycles. The van der Waals surface area contributed by atoms with Crippen LogP contribution in [-0.4, -0.2) is 31.9 Å². The first-order chi connectivity index (χ1) is 9.31. The Bertz CT molecular complexity index is 508. The quantitative estimate of drug-likeness (QED) is 0.247. The van der Waals surface area contributed by atoms with E-state index in [1.807, 2.05) is 38.2 Å². The van der Waals surface area contributed by atoms with Gasteiger partial charge >= 0.3 is 0 Å². The Labute approximate surface area is 126 Å². The lowest BCUT2D eigenvalue weighted by Gasteiger charge is -2.13. The van der Waals surface area contributed by atoms with Gasteiger partial charge in [0.2, 0.25) is 5.90 Å². The average molecular weight is 294 g/mol. The first kappa shape index (κ1) is 18.0. The van der Waals surface area contributed by atoms with E-state index in [1.54, 1.807) is 13.1 Å². The van der Waals surface area contributed by atoms with Gasteiger partial charge in [-0.1, -0.05) is 30.8 Å². The van der Waals surface area contributed by atoms with Gasteiger partial charge in [-0.3, -0.25) is 4.99 Å². The molecule has 0 aliphatic carbocycles. The molecule has 0 spiro atoms. The summed E-state index contributed by atoms with van der Waals surface area (Å²) in [6.07, 6.45) is 3.88. The molecule has 0 aliphatic rings. The van der Waals surface area contributed by atoms with Crippen molar-refractivity contribution >= 4 is 17.5 Å². The van der Waals surface area contributed by atoms with Gasteiger partial charge in [0.25, 0.3) is 0 Å². The lowest BCUT2D eigenvalue weighted by Crippen LogP contribution is -2.10. The van der Waals surface area contributed by atoms with Gasteiger partial charge in [0.05, 0.1) is 11.1 Å². The summed E-state index contributed by atoms with van der Waals surface area (Å²) in [5, 5.41) is 8.95. The minimum atomic E-state index is 0.282. The van der Waals surface area contributed by atoms with Crippen molar-refractivity contribution in [3.05, 3.63) is 47.4 Å². The van der Waals surface area contributed by atoms with Gasteiger partial charge in [-0.15, -0.1) is 0 Å². The van der Waals surface area contributed by atoms with Crippen LogP contribution < -0.4 is 0 Å². The van der Waals surface area contributed by atoms with Crippen LogP contribution in [0.2, 0.25) is 0 Å². The number of halogens is 1. The molecule has 0 aromatic rings. The van der Waals surface area contributed by atoms with Crippen LogP contribution in [0.4, 0.5) is 0 Å². The number of hydrogen-bond acceptors (Lipinski definition) is 4. The number of aliphatic imine (C=N–C) groups is 1. The topological polar surface area (TPSA) is 48.6 Å². The van der Waals surface area contributed by atoms with Crippen molar-refractivity contribution in [3.63, 3.8) is 0 Å². The summed E-state index contributed by atoms with van der Waals surface area (Å²) in [4.78, 5) is 5.95. The molecule has 0 aliphatic heterocycles. The number of hydrogen-bond donors (Lipinski definition) is 0. The van der Waals surface area contributed by atoms with E-state index in [9.17, 15) is 0 Å². The molecule has 0 saturated carbocycles. The van der Waals surface area contributed by atoms with Gasteiger partial charge in [0, 0.05) is 44.9 Å². The fourth-order valence-corrected chi connectivity index (χ4v) is 1.40. The number of nitriles is 1. The summed E-state index contributed by atoms with van der Waals surface area (Å²) in [7, 11) is 5.45. The molecule has 20 heavy (non-hydrogen) atoms. The molecule has 0 aromatic heterocycles. The van der Waals surface area contributed by atoms with Crippen LogP contribution in [0.3, 0.4) is 0 Å². The van der Waals surface area contributed by atoms with E-state index in [0.29, 0.717) is 22.9 Å². The summed E-state index contributed by atoms with van der Waals surface area (Å²) >= 11 is 6.04. The normalized spacial score (nSPS) is 12.7. The minimum absolute atomic E-state index is 0.282. The highest BCUT2D eigenvalue weighted by molar-refractivity contribution is 6.31. The predicted molar refractivity (Wildman–Crippen MR) is 84.3 cm³/mol. The van der Waals surface area contributed by atoms with Crippen LogP contribution in [0, 0.1) is 11.3 Å². The molecule has 0 aromatic carbocycles. The van der Waals surface area contributed by atoms with E-state index in [0.717, 1.165) is 5.57 Å². The van der Waals surface area contributed by atoms with Gasteiger partial charge in [-0.2, -0.15) is 5.26 Å². The third-order valence-electron chi connectivity index (χ3n) is 2.16. The Morgan fingerprint density at radius 2 is 2.05 bits per heavy atom. The molecule has 0 unspecified atom stereocenters. The molecule has 0 atom stereocenters. The maximum absolute atomic E-state index is 8.62. The molecule has 0 amide bonds. The lowest BCUT2D eigenvalue weighted by molar-refractivity contribution is 0.431. The molecule has 108 valence electrons. The molecule has 0 heterocycles. The summed E-state index contributed by atoms with van der Waals surface area (Å²) < 4.78 is 5.54. The van der Waals surface area contributed by atoms with E-state index in [2.05, 4.69) is 18.2 Å². The van der Waals surface area contributed by atoms with Crippen LogP contribution in [0.25, 0.3) is 0 Å². The third-order valence-corrected chi connectivity index (χ3v) is 2.53. The van der Waals surface area contributed by atoms with Crippen molar-refractivity contribution in [3.8, 4) is 6.07 Å². The molecule has 0 bridgehead atoms. The number of allylic oxidation sites excluding steroid dienone is 3. The molecule has 0 N–H and O–H groups in total. The number of rotatable bonds is 6. The molecule has 5 heteroatoms. The number of ether oxygens (including phenoxy) is 1. The van der Waals surface area contributed by atoms with Gasteiger partial charge in [0.15, 0.2) is 0 Å². The van der Waals surface area contributed by atoms with Gasteiger partial charge in [-0.25, -0.2) is 0 Å². The highest BCUT2D eigenvalue weighted by Gasteiger charge is 2.08. The highest BCUT2D eigenvalue weighted by Crippen LogP contribution is 2.18. The molecule has 0 fully saturated rings. The summed E-state index contributed by atoms with van der Waals surface area (Å²) in [5.74, 6) is 0.721.